The Morgan fingerprint density at radius 1 is 1.44 bits per heavy atom. The minimum atomic E-state index is -1.04. The van der Waals surface area contributed by atoms with Crippen LogP contribution in [0.3, 0.4) is 0 Å². The van der Waals surface area contributed by atoms with Crippen LogP contribution in [-0.4, -0.2) is 21.2 Å². The number of carboxylic acids is 1. The van der Waals surface area contributed by atoms with Crippen molar-refractivity contribution >= 4 is 5.97 Å². The Morgan fingerprint density at radius 3 is 2.81 bits per heavy atom. The van der Waals surface area contributed by atoms with Crippen molar-refractivity contribution in [3.05, 3.63) is 35.3 Å². The van der Waals surface area contributed by atoms with Crippen molar-refractivity contribution in [2.24, 2.45) is 0 Å². The van der Waals surface area contributed by atoms with Crippen molar-refractivity contribution in [1.82, 2.24) is 10.1 Å². The summed E-state index contributed by atoms with van der Waals surface area (Å²) in [6, 6.07) is 1.80. The van der Waals surface area contributed by atoms with Crippen LogP contribution in [0.4, 0.5) is 0 Å². The van der Waals surface area contributed by atoms with Crippen molar-refractivity contribution in [2.75, 3.05) is 0 Å². The van der Waals surface area contributed by atoms with Crippen molar-refractivity contribution in [2.45, 2.75) is 13.8 Å². The molecule has 0 aliphatic carbocycles. The monoisotopic (exact) mass is 218 g/mol. The standard InChI is InChI=1S/C11H10N2O3/c1-6-3-4-12-5-8(6)10-9(11(14)15)7(2)16-13-10/h3-5H,1-2H3,(H,14,15). The molecule has 82 valence electrons. The van der Waals surface area contributed by atoms with Gasteiger partial charge in [0.25, 0.3) is 0 Å². The number of aromatic nitrogens is 2. The number of carboxylic acid groups (broad SMARTS) is 1. The number of nitrogens with zero attached hydrogens (tertiary/aromatic N) is 2. The number of hydrogen-bond acceptors (Lipinski definition) is 4. The molecule has 2 heterocycles. The Labute approximate surface area is 91.7 Å². The number of carbonyl (C=O) groups is 1. The molecule has 2 aromatic rings. The molecule has 2 aromatic heterocycles. The van der Waals surface area contributed by atoms with Crippen LogP contribution >= 0.6 is 0 Å². The molecule has 1 N–H and O–H groups in total. The van der Waals surface area contributed by atoms with Crippen LogP contribution in [0.1, 0.15) is 21.7 Å². The lowest BCUT2D eigenvalue weighted by molar-refractivity contribution is 0.0696. The zero-order valence-electron chi connectivity index (χ0n) is 8.89. The number of hydrogen-bond donors (Lipinski definition) is 1. The molecule has 0 atom stereocenters. The lowest BCUT2D eigenvalue weighted by atomic mass is 10.0. The summed E-state index contributed by atoms with van der Waals surface area (Å²) in [5.41, 5.74) is 2.01. The summed E-state index contributed by atoms with van der Waals surface area (Å²) in [6.45, 7) is 3.44. The van der Waals surface area contributed by atoms with Crippen LogP contribution in [0.2, 0.25) is 0 Å². The third kappa shape index (κ3) is 1.56. The van der Waals surface area contributed by atoms with E-state index in [0.29, 0.717) is 17.0 Å². The fraction of sp³-hybridized carbons (Fsp3) is 0.182. The van der Waals surface area contributed by atoms with Crippen LogP contribution in [0, 0.1) is 13.8 Å². The summed E-state index contributed by atoms with van der Waals surface area (Å²) in [5, 5.41) is 12.8. The normalized spacial score (nSPS) is 10.4. The molecule has 0 aliphatic rings. The minimum absolute atomic E-state index is 0.0936. The van der Waals surface area contributed by atoms with Gasteiger partial charge in [0.2, 0.25) is 0 Å². The molecular formula is C11H10N2O3. The Balaban J connectivity index is 2.66. The highest BCUT2D eigenvalue weighted by Crippen LogP contribution is 2.26. The van der Waals surface area contributed by atoms with E-state index in [4.69, 9.17) is 9.63 Å². The van der Waals surface area contributed by atoms with Gasteiger partial charge in [0, 0.05) is 18.0 Å². The predicted octanol–water partition coefficient (Wildman–Crippen LogP) is 2.05. The van der Waals surface area contributed by atoms with Crippen LogP contribution in [0.25, 0.3) is 11.3 Å². The van der Waals surface area contributed by atoms with Crippen LogP contribution < -0.4 is 0 Å². The summed E-state index contributed by atoms with van der Waals surface area (Å²) in [5.74, 6) is -0.747. The second-order valence-corrected chi connectivity index (χ2v) is 3.46. The van der Waals surface area contributed by atoms with Crippen LogP contribution in [-0.2, 0) is 0 Å². The Kier molecular flexibility index (Phi) is 2.44. The summed E-state index contributed by atoms with van der Waals surface area (Å²) in [6.07, 6.45) is 3.23. The highest BCUT2D eigenvalue weighted by molar-refractivity contribution is 5.95. The maximum atomic E-state index is 11.1. The van der Waals surface area contributed by atoms with Gasteiger partial charge >= 0.3 is 5.97 Å². The van der Waals surface area contributed by atoms with Gasteiger partial charge in [-0.2, -0.15) is 0 Å². The first kappa shape index (κ1) is 10.4. The van der Waals surface area contributed by atoms with E-state index >= 15 is 0 Å². The van der Waals surface area contributed by atoms with Gasteiger partial charge in [-0.05, 0) is 25.5 Å². The summed E-state index contributed by atoms with van der Waals surface area (Å²) >= 11 is 0. The Morgan fingerprint density at radius 2 is 2.19 bits per heavy atom. The Bertz CT molecular complexity index is 546. The van der Waals surface area contributed by atoms with E-state index in [9.17, 15) is 4.79 Å². The second-order valence-electron chi connectivity index (χ2n) is 3.46. The van der Waals surface area contributed by atoms with Crippen molar-refractivity contribution in [3.63, 3.8) is 0 Å². The average Bonchev–Trinajstić information content (AvgIpc) is 2.61. The van der Waals surface area contributed by atoms with Gasteiger partial charge < -0.3 is 9.63 Å². The highest BCUT2D eigenvalue weighted by atomic mass is 16.5. The van der Waals surface area contributed by atoms with E-state index in [2.05, 4.69) is 10.1 Å². The Hall–Kier alpha value is -2.17. The van der Waals surface area contributed by atoms with Gasteiger partial charge in [-0.25, -0.2) is 4.79 Å². The van der Waals surface area contributed by atoms with E-state index in [1.165, 1.54) is 0 Å². The van der Waals surface area contributed by atoms with Gasteiger partial charge in [0.1, 0.15) is 17.0 Å². The molecule has 0 spiro atoms. The molecule has 5 heteroatoms. The lowest BCUT2D eigenvalue weighted by Crippen LogP contribution is -2.00. The van der Waals surface area contributed by atoms with Gasteiger partial charge in [-0.3, -0.25) is 4.98 Å². The van der Waals surface area contributed by atoms with Crippen molar-refractivity contribution < 1.29 is 14.4 Å². The number of rotatable bonds is 2. The number of aryl methyl sites for hydroxylation is 2. The van der Waals surface area contributed by atoms with Gasteiger partial charge in [-0.1, -0.05) is 5.16 Å². The molecule has 0 aromatic carbocycles. The topological polar surface area (TPSA) is 76.2 Å². The van der Waals surface area contributed by atoms with Crippen molar-refractivity contribution in [1.29, 1.82) is 0 Å². The van der Waals surface area contributed by atoms with Gasteiger partial charge in [-0.15, -0.1) is 0 Å². The van der Waals surface area contributed by atoms with E-state index in [1.807, 2.05) is 6.92 Å². The van der Waals surface area contributed by atoms with Crippen LogP contribution in [0.15, 0.2) is 23.0 Å². The van der Waals surface area contributed by atoms with E-state index in [0.717, 1.165) is 5.56 Å². The third-order valence-electron chi connectivity index (χ3n) is 2.37. The van der Waals surface area contributed by atoms with E-state index in [-0.39, 0.29) is 5.56 Å². The van der Waals surface area contributed by atoms with E-state index in [1.54, 1.807) is 25.4 Å². The molecule has 0 radical (unpaired) electrons. The van der Waals surface area contributed by atoms with E-state index < -0.39 is 5.97 Å². The quantitative estimate of drug-likeness (QED) is 0.834. The van der Waals surface area contributed by atoms with Gasteiger partial charge in [0.15, 0.2) is 0 Å². The molecule has 0 aliphatic heterocycles. The summed E-state index contributed by atoms with van der Waals surface area (Å²) in [4.78, 5) is 15.0. The molecular weight excluding hydrogens is 208 g/mol. The number of pyridine rings is 1. The first-order valence-corrected chi connectivity index (χ1v) is 4.72. The summed E-state index contributed by atoms with van der Waals surface area (Å²) < 4.78 is 4.91. The zero-order valence-corrected chi connectivity index (χ0v) is 8.89. The van der Waals surface area contributed by atoms with Crippen LogP contribution in [0.5, 0.6) is 0 Å². The SMILES string of the molecule is Cc1ccncc1-c1noc(C)c1C(=O)O. The maximum Gasteiger partial charge on any atom is 0.341 e. The first-order valence-electron chi connectivity index (χ1n) is 4.72. The minimum Gasteiger partial charge on any atom is -0.477 e. The molecule has 5 nitrogen and oxygen atoms in total. The third-order valence-corrected chi connectivity index (χ3v) is 2.37. The smallest absolute Gasteiger partial charge is 0.341 e. The second kappa shape index (κ2) is 3.77. The largest absolute Gasteiger partial charge is 0.477 e. The molecule has 0 bridgehead atoms. The molecule has 16 heavy (non-hydrogen) atoms. The predicted molar refractivity (Wildman–Crippen MR) is 56.2 cm³/mol. The fourth-order valence-corrected chi connectivity index (χ4v) is 1.52. The first-order chi connectivity index (χ1) is 7.61. The molecule has 0 saturated carbocycles. The molecule has 0 amide bonds. The van der Waals surface area contributed by atoms with Gasteiger partial charge in [0.05, 0.1) is 0 Å². The molecule has 0 saturated heterocycles. The highest BCUT2D eigenvalue weighted by Gasteiger charge is 2.21. The zero-order chi connectivity index (χ0) is 11.7. The lowest BCUT2D eigenvalue weighted by Gasteiger charge is -2.01. The maximum absolute atomic E-state index is 11.1. The average molecular weight is 218 g/mol. The molecule has 0 fully saturated rings. The fourth-order valence-electron chi connectivity index (χ4n) is 1.52. The molecule has 2 rings (SSSR count). The molecule has 0 unspecified atom stereocenters. The summed E-state index contributed by atoms with van der Waals surface area (Å²) in [7, 11) is 0. The van der Waals surface area contributed by atoms with Crippen molar-refractivity contribution in [3.8, 4) is 11.3 Å². The number of aromatic carboxylic acids is 1.